The summed E-state index contributed by atoms with van der Waals surface area (Å²) in [5.74, 6) is 0. The van der Waals surface area contributed by atoms with Crippen molar-refractivity contribution >= 4 is 34.2 Å². The van der Waals surface area contributed by atoms with Crippen LogP contribution in [0.1, 0.15) is 17.8 Å². The first-order chi connectivity index (χ1) is 8.16. The molecule has 0 aromatic carbocycles. The zero-order valence-corrected chi connectivity index (χ0v) is 12.3. The van der Waals surface area contributed by atoms with Crippen LogP contribution in [-0.2, 0) is 13.0 Å². The second-order valence-electron chi connectivity index (χ2n) is 4.20. The van der Waals surface area contributed by atoms with E-state index in [1.54, 1.807) is 0 Å². The number of fused-ring (bicyclic) bond motifs is 1. The Kier molecular flexibility index (Phi) is 2.86. The van der Waals surface area contributed by atoms with E-state index in [0.717, 1.165) is 30.0 Å². The van der Waals surface area contributed by atoms with Crippen LogP contribution in [0.4, 0.5) is 0 Å². The standard InChI is InChI=1S/C12H11ClIN3/c1-7-8(13)4-5-9(15-7)12-11(14)10-3-2-6-17(10)16-12/h4-5H,2-3,6H2,1H3. The number of aryl methyl sites for hydroxylation is 2. The van der Waals surface area contributed by atoms with E-state index < -0.39 is 0 Å². The second-order valence-corrected chi connectivity index (χ2v) is 5.69. The van der Waals surface area contributed by atoms with E-state index in [1.165, 1.54) is 15.7 Å². The summed E-state index contributed by atoms with van der Waals surface area (Å²) in [5.41, 5.74) is 4.10. The molecule has 0 fully saturated rings. The smallest absolute Gasteiger partial charge is 0.124 e. The Hall–Kier alpha value is -0.620. The Morgan fingerprint density at radius 3 is 2.94 bits per heavy atom. The third-order valence-electron chi connectivity index (χ3n) is 3.04. The molecule has 2 aromatic heterocycles. The minimum absolute atomic E-state index is 0.704. The molecule has 0 atom stereocenters. The fraction of sp³-hybridized carbons (Fsp3) is 0.333. The molecule has 17 heavy (non-hydrogen) atoms. The number of nitrogens with zero attached hydrogens (tertiary/aromatic N) is 3. The molecule has 0 aliphatic carbocycles. The van der Waals surface area contributed by atoms with Crippen molar-refractivity contribution in [3.8, 4) is 11.4 Å². The first-order valence-electron chi connectivity index (χ1n) is 5.55. The summed E-state index contributed by atoms with van der Waals surface area (Å²) in [6, 6.07) is 3.83. The molecule has 0 N–H and O–H groups in total. The maximum absolute atomic E-state index is 5.99. The van der Waals surface area contributed by atoms with E-state index in [9.17, 15) is 0 Å². The lowest BCUT2D eigenvalue weighted by Gasteiger charge is -2.01. The monoisotopic (exact) mass is 359 g/mol. The molecule has 3 rings (SSSR count). The lowest BCUT2D eigenvalue weighted by atomic mass is 10.2. The molecule has 3 nitrogen and oxygen atoms in total. The topological polar surface area (TPSA) is 30.7 Å². The maximum atomic E-state index is 5.99. The number of aromatic nitrogens is 3. The van der Waals surface area contributed by atoms with Crippen LogP contribution in [0.5, 0.6) is 0 Å². The normalized spacial score (nSPS) is 14.1. The van der Waals surface area contributed by atoms with Crippen molar-refractivity contribution in [2.75, 3.05) is 0 Å². The fourth-order valence-corrected chi connectivity index (χ4v) is 3.17. The van der Waals surface area contributed by atoms with E-state index in [0.29, 0.717) is 5.02 Å². The highest BCUT2D eigenvalue weighted by molar-refractivity contribution is 14.1. The lowest BCUT2D eigenvalue weighted by Crippen LogP contribution is -1.95. The SMILES string of the molecule is Cc1nc(-c2nn3c(c2I)CCC3)ccc1Cl. The molecule has 1 aliphatic rings. The van der Waals surface area contributed by atoms with Crippen LogP contribution in [0, 0.1) is 10.5 Å². The van der Waals surface area contributed by atoms with Crippen molar-refractivity contribution in [1.29, 1.82) is 0 Å². The summed E-state index contributed by atoms with van der Waals surface area (Å²) in [5, 5.41) is 5.34. The molecule has 2 aromatic rings. The van der Waals surface area contributed by atoms with Crippen molar-refractivity contribution in [2.45, 2.75) is 26.3 Å². The van der Waals surface area contributed by atoms with Crippen LogP contribution in [0.15, 0.2) is 12.1 Å². The summed E-state index contributed by atoms with van der Waals surface area (Å²) >= 11 is 8.36. The van der Waals surface area contributed by atoms with E-state index in [-0.39, 0.29) is 0 Å². The van der Waals surface area contributed by atoms with Gasteiger partial charge in [-0.15, -0.1) is 0 Å². The van der Waals surface area contributed by atoms with Gasteiger partial charge in [0.15, 0.2) is 0 Å². The van der Waals surface area contributed by atoms with Gasteiger partial charge in [-0.05, 0) is 54.5 Å². The number of hydrogen-bond acceptors (Lipinski definition) is 2. The van der Waals surface area contributed by atoms with E-state index >= 15 is 0 Å². The average Bonchev–Trinajstić information content (AvgIpc) is 2.86. The van der Waals surface area contributed by atoms with E-state index in [4.69, 9.17) is 11.6 Å². The summed E-state index contributed by atoms with van der Waals surface area (Å²) in [7, 11) is 0. The third-order valence-corrected chi connectivity index (χ3v) is 4.57. The molecular weight excluding hydrogens is 349 g/mol. The molecule has 3 heterocycles. The molecule has 0 unspecified atom stereocenters. The number of rotatable bonds is 1. The van der Waals surface area contributed by atoms with Gasteiger partial charge in [-0.25, -0.2) is 4.98 Å². The van der Waals surface area contributed by atoms with Gasteiger partial charge < -0.3 is 0 Å². The third kappa shape index (κ3) is 1.87. The van der Waals surface area contributed by atoms with Crippen LogP contribution in [-0.4, -0.2) is 14.8 Å². The quantitative estimate of drug-likeness (QED) is 0.730. The molecule has 88 valence electrons. The number of halogens is 2. The van der Waals surface area contributed by atoms with Crippen molar-refractivity contribution in [3.05, 3.63) is 32.1 Å². The highest BCUT2D eigenvalue weighted by atomic mass is 127. The van der Waals surface area contributed by atoms with Gasteiger partial charge in [0.2, 0.25) is 0 Å². The summed E-state index contributed by atoms with van der Waals surface area (Å²) in [6.07, 6.45) is 2.32. The molecule has 1 aliphatic heterocycles. The highest BCUT2D eigenvalue weighted by Crippen LogP contribution is 2.30. The van der Waals surface area contributed by atoms with Crippen LogP contribution in [0.25, 0.3) is 11.4 Å². The predicted octanol–water partition coefficient (Wildman–Crippen LogP) is 3.46. The van der Waals surface area contributed by atoms with Gasteiger partial charge in [-0.2, -0.15) is 5.10 Å². The predicted molar refractivity (Wildman–Crippen MR) is 76.2 cm³/mol. The molecular formula is C12H11ClIN3. The van der Waals surface area contributed by atoms with Gasteiger partial charge in [0.05, 0.1) is 25.7 Å². The van der Waals surface area contributed by atoms with Crippen LogP contribution >= 0.6 is 34.2 Å². The van der Waals surface area contributed by atoms with E-state index in [2.05, 4.69) is 37.4 Å². The molecule has 0 saturated carbocycles. The van der Waals surface area contributed by atoms with Crippen LogP contribution in [0.2, 0.25) is 5.02 Å². The van der Waals surface area contributed by atoms with Gasteiger partial charge in [-0.1, -0.05) is 11.6 Å². The zero-order valence-electron chi connectivity index (χ0n) is 9.37. The van der Waals surface area contributed by atoms with E-state index in [1.807, 2.05) is 19.1 Å². The van der Waals surface area contributed by atoms with Crippen LogP contribution < -0.4 is 0 Å². The first kappa shape index (κ1) is 11.5. The Morgan fingerprint density at radius 2 is 2.24 bits per heavy atom. The van der Waals surface area contributed by atoms with Gasteiger partial charge >= 0.3 is 0 Å². The highest BCUT2D eigenvalue weighted by Gasteiger charge is 2.21. The van der Waals surface area contributed by atoms with Gasteiger partial charge in [-0.3, -0.25) is 4.68 Å². The minimum atomic E-state index is 0.704. The fourth-order valence-electron chi connectivity index (χ4n) is 2.13. The molecule has 0 saturated heterocycles. The van der Waals surface area contributed by atoms with Gasteiger partial charge in [0.25, 0.3) is 0 Å². The Bertz CT molecular complexity index is 592. The van der Waals surface area contributed by atoms with Crippen molar-refractivity contribution in [1.82, 2.24) is 14.8 Å². The maximum Gasteiger partial charge on any atom is 0.124 e. The average molecular weight is 360 g/mol. The summed E-state index contributed by atoms with van der Waals surface area (Å²) in [6.45, 7) is 2.94. The Balaban J connectivity index is 2.12. The Morgan fingerprint density at radius 1 is 1.41 bits per heavy atom. The molecule has 0 bridgehead atoms. The van der Waals surface area contributed by atoms with Crippen LogP contribution in [0.3, 0.4) is 0 Å². The Labute approximate surface area is 118 Å². The van der Waals surface area contributed by atoms with Crippen molar-refractivity contribution in [2.24, 2.45) is 0 Å². The first-order valence-corrected chi connectivity index (χ1v) is 7.01. The summed E-state index contributed by atoms with van der Waals surface area (Å²) < 4.78 is 3.33. The minimum Gasteiger partial charge on any atom is -0.268 e. The summed E-state index contributed by atoms with van der Waals surface area (Å²) in [4.78, 5) is 4.50. The molecule has 0 radical (unpaired) electrons. The van der Waals surface area contributed by atoms with Gasteiger partial charge in [0, 0.05) is 6.54 Å². The molecule has 5 heteroatoms. The number of pyridine rings is 1. The molecule has 0 amide bonds. The number of hydrogen-bond donors (Lipinski definition) is 0. The van der Waals surface area contributed by atoms with Crippen molar-refractivity contribution < 1.29 is 0 Å². The second kappa shape index (κ2) is 4.24. The zero-order chi connectivity index (χ0) is 12.0. The van der Waals surface area contributed by atoms with Crippen molar-refractivity contribution in [3.63, 3.8) is 0 Å². The lowest BCUT2D eigenvalue weighted by molar-refractivity contribution is 0.658. The van der Waals surface area contributed by atoms with Gasteiger partial charge in [0.1, 0.15) is 5.69 Å². The molecule has 0 spiro atoms. The largest absolute Gasteiger partial charge is 0.268 e.